The van der Waals surface area contributed by atoms with Crippen LogP contribution in [0.25, 0.3) is 11.0 Å². The zero-order valence-corrected chi connectivity index (χ0v) is 15.0. The van der Waals surface area contributed by atoms with Crippen molar-refractivity contribution in [3.05, 3.63) is 29.1 Å². The van der Waals surface area contributed by atoms with Crippen molar-refractivity contribution < 1.29 is 14.6 Å². The topological polar surface area (TPSA) is 64.3 Å². The van der Waals surface area contributed by atoms with E-state index in [0.717, 1.165) is 10.9 Å². The average molecular weight is 318 g/mol. The van der Waals surface area contributed by atoms with Gasteiger partial charge in [0.05, 0.1) is 17.7 Å². The fourth-order valence-corrected chi connectivity index (χ4v) is 3.13. The third-order valence-corrected chi connectivity index (χ3v) is 4.61. The highest BCUT2D eigenvalue weighted by Crippen LogP contribution is 2.36. The van der Waals surface area contributed by atoms with Gasteiger partial charge in [-0.1, -0.05) is 20.8 Å². The Labute approximate surface area is 137 Å². The second-order valence-corrected chi connectivity index (χ2v) is 7.12. The molecular weight excluding hydrogens is 292 g/mol. The van der Waals surface area contributed by atoms with E-state index in [1.165, 1.54) is 0 Å². The summed E-state index contributed by atoms with van der Waals surface area (Å²) >= 11 is 0. The molecule has 2 atom stereocenters. The average Bonchev–Trinajstić information content (AvgIpc) is 2.76. The van der Waals surface area contributed by atoms with Crippen molar-refractivity contribution in [2.75, 3.05) is 7.11 Å². The van der Waals surface area contributed by atoms with Crippen LogP contribution in [0, 0.1) is 6.92 Å². The van der Waals surface area contributed by atoms with Crippen LogP contribution in [0.15, 0.2) is 12.3 Å². The van der Waals surface area contributed by atoms with Gasteiger partial charge in [-0.15, -0.1) is 0 Å². The number of methoxy groups -OCH3 is 1. The molecule has 0 saturated heterocycles. The molecule has 0 spiro atoms. The first-order chi connectivity index (χ1) is 10.6. The summed E-state index contributed by atoms with van der Waals surface area (Å²) in [5, 5.41) is 10.5. The minimum Gasteiger partial charge on any atom is -0.478 e. The summed E-state index contributed by atoms with van der Waals surface area (Å²) in [6, 6.07) is 1.90. The van der Waals surface area contributed by atoms with Crippen LogP contribution in [-0.2, 0) is 10.2 Å². The summed E-state index contributed by atoms with van der Waals surface area (Å²) in [4.78, 5) is 16.4. The second kappa shape index (κ2) is 5.96. The molecule has 2 unspecified atom stereocenters. The van der Waals surface area contributed by atoms with Gasteiger partial charge in [-0.05, 0) is 37.8 Å². The normalized spacial score (nSPS) is 14.9. The van der Waals surface area contributed by atoms with Gasteiger partial charge in [0.1, 0.15) is 5.65 Å². The number of nitrogens with zero attached hydrogens (tertiary/aromatic N) is 2. The van der Waals surface area contributed by atoms with Gasteiger partial charge in [0.2, 0.25) is 0 Å². The summed E-state index contributed by atoms with van der Waals surface area (Å²) in [6.45, 7) is 12.1. The van der Waals surface area contributed by atoms with Crippen molar-refractivity contribution in [3.8, 4) is 0 Å². The maximum Gasteiger partial charge on any atom is 0.338 e. The molecule has 0 saturated carbocycles. The lowest BCUT2D eigenvalue weighted by Crippen LogP contribution is -2.22. The maximum atomic E-state index is 11.9. The fourth-order valence-electron chi connectivity index (χ4n) is 3.13. The summed E-state index contributed by atoms with van der Waals surface area (Å²) in [7, 11) is 1.66. The lowest BCUT2D eigenvalue weighted by molar-refractivity contribution is 0.0691. The van der Waals surface area contributed by atoms with Gasteiger partial charge < -0.3 is 14.4 Å². The number of hydrogen-bond donors (Lipinski definition) is 1. The van der Waals surface area contributed by atoms with Gasteiger partial charge in [-0.3, -0.25) is 0 Å². The molecular formula is C18H26N2O3. The molecule has 2 aromatic rings. The van der Waals surface area contributed by atoms with Gasteiger partial charge in [0.15, 0.2) is 0 Å². The molecule has 0 amide bonds. The lowest BCUT2D eigenvalue weighted by atomic mass is 9.84. The molecule has 0 aliphatic heterocycles. The first-order valence-corrected chi connectivity index (χ1v) is 7.87. The Kier molecular flexibility index (Phi) is 4.53. The third kappa shape index (κ3) is 2.85. The number of rotatable bonds is 4. The van der Waals surface area contributed by atoms with Gasteiger partial charge in [0.25, 0.3) is 0 Å². The number of carbonyl (C=O) groups is 1. The number of carboxylic acids is 1. The summed E-state index contributed by atoms with van der Waals surface area (Å²) < 4.78 is 7.43. The van der Waals surface area contributed by atoms with Gasteiger partial charge in [0, 0.05) is 24.4 Å². The number of carboxylic acid groups (broad SMARTS) is 1. The van der Waals surface area contributed by atoms with Crippen molar-refractivity contribution in [1.29, 1.82) is 0 Å². The van der Waals surface area contributed by atoms with Crippen LogP contribution >= 0.6 is 0 Å². The van der Waals surface area contributed by atoms with Gasteiger partial charge >= 0.3 is 5.97 Å². The van der Waals surface area contributed by atoms with E-state index < -0.39 is 5.97 Å². The minimum absolute atomic E-state index is 0.0154. The lowest BCUT2D eigenvalue weighted by Gasteiger charge is -2.23. The monoisotopic (exact) mass is 318 g/mol. The SMILES string of the molecule is COC(C)C(C)n1c(C)c(C(=O)O)c2c(C(C)(C)C)ccnc21. The smallest absolute Gasteiger partial charge is 0.338 e. The number of aromatic carboxylic acids is 1. The molecule has 0 radical (unpaired) electrons. The maximum absolute atomic E-state index is 11.9. The number of ether oxygens (including phenoxy) is 1. The van der Waals surface area contributed by atoms with Crippen LogP contribution in [0.5, 0.6) is 0 Å². The predicted molar refractivity (Wildman–Crippen MR) is 91.3 cm³/mol. The Morgan fingerprint density at radius 3 is 2.43 bits per heavy atom. The van der Waals surface area contributed by atoms with Crippen LogP contribution in [0.3, 0.4) is 0 Å². The van der Waals surface area contributed by atoms with E-state index in [-0.39, 0.29) is 17.6 Å². The minimum atomic E-state index is -0.915. The van der Waals surface area contributed by atoms with E-state index >= 15 is 0 Å². The summed E-state index contributed by atoms with van der Waals surface area (Å²) in [5.74, 6) is -0.915. The molecule has 1 N–H and O–H groups in total. The molecule has 2 heterocycles. The summed E-state index contributed by atoms with van der Waals surface area (Å²) in [5.41, 5.74) is 2.60. The molecule has 126 valence electrons. The molecule has 0 bridgehead atoms. The van der Waals surface area contributed by atoms with E-state index in [1.54, 1.807) is 13.3 Å². The zero-order valence-electron chi connectivity index (χ0n) is 15.0. The van der Waals surface area contributed by atoms with E-state index in [2.05, 4.69) is 25.8 Å². The van der Waals surface area contributed by atoms with Crippen molar-refractivity contribution in [2.45, 2.75) is 59.1 Å². The highest BCUT2D eigenvalue weighted by molar-refractivity contribution is 6.05. The van der Waals surface area contributed by atoms with E-state index in [4.69, 9.17) is 4.74 Å². The quantitative estimate of drug-likeness (QED) is 0.927. The van der Waals surface area contributed by atoms with Crippen molar-refractivity contribution in [1.82, 2.24) is 9.55 Å². The van der Waals surface area contributed by atoms with Crippen LogP contribution in [0.1, 0.15) is 62.3 Å². The van der Waals surface area contributed by atoms with Crippen LogP contribution < -0.4 is 0 Å². The van der Waals surface area contributed by atoms with E-state index in [0.29, 0.717) is 16.9 Å². The van der Waals surface area contributed by atoms with Gasteiger partial charge in [-0.2, -0.15) is 0 Å². The molecule has 23 heavy (non-hydrogen) atoms. The predicted octanol–water partition coefficient (Wildman–Crippen LogP) is 3.94. The fraction of sp³-hybridized carbons (Fsp3) is 0.556. The standard InChI is InChI=1S/C18H26N2O3/c1-10(12(3)23-7)20-11(2)14(17(21)22)15-13(18(4,5)6)8-9-19-16(15)20/h8-10,12H,1-7H3,(H,21,22). The number of aromatic nitrogens is 2. The third-order valence-electron chi connectivity index (χ3n) is 4.61. The van der Waals surface area contributed by atoms with Crippen LogP contribution in [0.2, 0.25) is 0 Å². The van der Waals surface area contributed by atoms with Gasteiger partial charge in [-0.25, -0.2) is 9.78 Å². The Morgan fingerprint density at radius 1 is 1.35 bits per heavy atom. The van der Waals surface area contributed by atoms with Crippen molar-refractivity contribution in [2.24, 2.45) is 0 Å². The van der Waals surface area contributed by atoms with Crippen LogP contribution in [0.4, 0.5) is 0 Å². The molecule has 5 nitrogen and oxygen atoms in total. The number of pyridine rings is 1. The first-order valence-electron chi connectivity index (χ1n) is 7.87. The van der Waals surface area contributed by atoms with Crippen LogP contribution in [-0.4, -0.2) is 33.8 Å². The molecule has 2 rings (SSSR count). The van der Waals surface area contributed by atoms with Crippen molar-refractivity contribution in [3.63, 3.8) is 0 Å². The molecule has 0 aliphatic rings. The molecule has 5 heteroatoms. The van der Waals surface area contributed by atoms with Crippen molar-refractivity contribution >= 4 is 17.0 Å². The Morgan fingerprint density at radius 2 is 1.96 bits per heavy atom. The molecule has 0 aromatic carbocycles. The molecule has 2 aromatic heterocycles. The Hall–Kier alpha value is -1.88. The number of fused-ring (bicyclic) bond motifs is 1. The molecule has 0 aliphatic carbocycles. The highest BCUT2D eigenvalue weighted by atomic mass is 16.5. The highest BCUT2D eigenvalue weighted by Gasteiger charge is 2.29. The molecule has 0 fully saturated rings. The Balaban J connectivity index is 2.92. The van der Waals surface area contributed by atoms with E-state index in [9.17, 15) is 9.90 Å². The van der Waals surface area contributed by atoms with E-state index in [1.807, 2.05) is 31.4 Å². The Bertz CT molecular complexity index is 741. The first kappa shape index (κ1) is 17.5. The zero-order chi connectivity index (χ0) is 17.5. The summed E-state index contributed by atoms with van der Waals surface area (Å²) in [6.07, 6.45) is 1.71. The largest absolute Gasteiger partial charge is 0.478 e. The second-order valence-electron chi connectivity index (χ2n) is 7.12. The number of hydrogen-bond acceptors (Lipinski definition) is 3.